The third-order valence-electron chi connectivity index (χ3n) is 2.71. The van der Waals surface area contributed by atoms with Crippen LogP contribution in [0.3, 0.4) is 0 Å². The Hall–Kier alpha value is -1.03. The minimum Gasteiger partial charge on any atom is -0.398 e. The molecule has 0 aliphatic heterocycles. The van der Waals surface area contributed by atoms with Gasteiger partial charge in [-0.05, 0) is 34.5 Å². The summed E-state index contributed by atoms with van der Waals surface area (Å²) >= 11 is 4.39. The van der Waals surface area contributed by atoms with Crippen LogP contribution in [0.1, 0.15) is 16.8 Å². The van der Waals surface area contributed by atoms with E-state index in [2.05, 4.69) is 25.6 Å². The van der Waals surface area contributed by atoms with Crippen LogP contribution in [0.4, 0.5) is 10.1 Å². The van der Waals surface area contributed by atoms with Gasteiger partial charge in [0.15, 0.2) is 0 Å². The van der Waals surface area contributed by atoms with Gasteiger partial charge in [0.1, 0.15) is 15.7 Å². The first-order valence-electron chi connectivity index (χ1n) is 6.01. The summed E-state index contributed by atoms with van der Waals surface area (Å²) in [5.74, 6) is -0.612. The largest absolute Gasteiger partial charge is 0.398 e. The molecule has 0 fully saturated rings. The Morgan fingerprint density at radius 1 is 1.48 bits per heavy atom. The van der Waals surface area contributed by atoms with Crippen molar-refractivity contribution in [1.82, 2.24) is 9.71 Å². The molecule has 0 unspecified atom stereocenters. The van der Waals surface area contributed by atoms with Crippen molar-refractivity contribution in [2.24, 2.45) is 0 Å². The number of benzene rings is 1. The van der Waals surface area contributed by atoms with Gasteiger partial charge in [-0.25, -0.2) is 22.5 Å². The van der Waals surface area contributed by atoms with Crippen molar-refractivity contribution in [1.29, 1.82) is 0 Å². The summed E-state index contributed by atoms with van der Waals surface area (Å²) in [5.41, 5.74) is 5.44. The minimum absolute atomic E-state index is 0.0413. The van der Waals surface area contributed by atoms with Crippen LogP contribution in [-0.2, 0) is 23.0 Å². The predicted octanol–water partition coefficient (Wildman–Crippen LogP) is 2.67. The molecular formula is C12H13BrFN3O2S2. The average molecular weight is 394 g/mol. The Balaban J connectivity index is 2.20. The normalized spacial score (nSPS) is 11.8. The summed E-state index contributed by atoms with van der Waals surface area (Å²) in [7, 11) is -3.83. The number of hydrogen-bond acceptors (Lipinski definition) is 5. The molecule has 1 heterocycles. The number of nitrogens with zero attached hydrogens (tertiary/aromatic N) is 1. The summed E-state index contributed by atoms with van der Waals surface area (Å²) in [4.78, 5) is 5.04. The fraction of sp³-hybridized carbons (Fsp3) is 0.250. The van der Waals surface area contributed by atoms with E-state index in [0.29, 0.717) is 5.01 Å². The fourth-order valence-corrected chi connectivity index (χ4v) is 4.12. The summed E-state index contributed by atoms with van der Waals surface area (Å²) in [5, 5.41) is 0.662. The molecule has 0 bridgehead atoms. The van der Waals surface area contributed by atoms with Gasteiger partial charge in [0.05, 0.1) is 16.7 Å². The molecule has 0 saturated heterocycles. The first kappa shape index (κ1) is 16.3. The summed E-state index contributed by atoms with van der Waals surface area (Å²) in [6.07, 6.45) is 2.57. The second-order valence-corrected chi connectivity index (χ2v) is 7.99. The molecule has 1 aromatic carbocycles. The molecule has 0 radical (unpaired) electrons. The molecule has 0 amide bonds. The van der Waals surface area contributed by atoms with E-state index in [1.165, 1.54) is 11.3 Å². The first-order chi connectivity index (χ1) is 9.83. The van der Waals surface area contributed by atoms with Crippen molar-refractivity contribution in [3.63, 3.8) is 0 Å². The van der Waals surface area contributed by atoms with Gasteiger partial charge in [0.25, 0.3) is 0 Å². The lowest BCUT2D eigenvalue weighted by Crippen LogP contribution is -2.24. The standard InChI is InChI=1S/C12H13BrFN3O2S2/c1-2-7-5-16-12(20-7)6-17-21(18,19)11-3-8(13)9(14)4-10(11)15/h3-5,17H,2,6,15H2,1H3. The summed E-state index contributed by atoms with van der Waals surface area (Å²) in [6, 6.07) is 2.11. The van der Waals surface area contributed by atoms with E-state index in [9.17, 15) is 12.8 Å². The number of nitrogen functional groups attached to an aromatic ring is 1. The maximum absolute atomic E-state index is 13.3. The van der Waals surface area contributed by atoms with Crippen molar-refractivity contribution >= 4 is 43.0 Å². The van der Waals surface area contributed by atoms with E-state index >= 15 is 0 Å². The van der Waals surface area contributed by atoms with Crippen LogP contribution in [-0.4, -0.2) is 13.4 Å². The molecule has 21 heavy (non-hydrogen) atoms. The van der Waals surface area contributed by atoms with Gasteiger partial charge in [-0.2, -0.15) is 0 Å². The number of nitrogens with one attached hydrogen (secondary N) is 1. The van der Waals surface area contributed by atoms with E-state index in [-0.39, 0.29) is 21.6 Å². The average Bonchev–Trinajstić information content (AvgIpc) is 2.88. The highest BCUT2D eigenvalue weighted by molar-refractivity contribution is 9.10. The van der Waals surface area contributed by atoms with Crippen LogP contribution in [0.5, 0.6) is 0 Å². The van der Waals surface area contributed by atoms with E-state index in [4.69, 9.17) is 5.73 Å². The Morgan fingerprint density at radius 3 is 2.81 bits per heavy atom. The molecule has 0 atom stereocenters. The highest BCUT2D eigenvalue weighted by Crippen LogP contribution is 2.26. The maximum atomic E-state index is 13.3. The van der Waals surface area contributed by atoms with Crippen LogP contribution in [0.25, 0.3) is 0 Å². The zero-order valence-electron chi connectivity index (χ0n) is 11.1. The quantitative estimate of drug-likeness (QED) is 0.764. The Bertz CT molecular complexity index is 762. The van der Waals surface area contributed by atoms with Crippen molar-refractivity contribution in [3.8, 4) is 0 Å². The van der Waals surface area contributed by atoms with Gasteiger partial charge < -0.3 is 5.73 Å². The maximum Gasteiger partial charge on any atom is 0.243 e. The molecule has 2 rings (SSSR count). The second kappa shape index (κ2) is 6.39. The number of aromatic nitrogens is 1. The molecule has 1 aromatic heterocycles. The van der Waals surface area contributed by atoms with Gasteiger partial charge >= 0.3 is 0 Å². The Kier molecular flexibility index (Phi) is 4.97. The number of hydrogen-bond donors (Lipinski definition) is 2. The molecule has 0 aliphatic carbocycles. The number of aryl methyl sites for hydroxylation is 1. The Labute approximate surface area is 134 Å². The molecule has 0 spiro atoms. The third kappa shape index (κ3) is 3.79. The fourth-order valence-electron chi connectivity index (χ4n) is 1.60. The van der Waals surface area contributed by atoms with Gasteiger partial charge in [0.2, 0.25) is 10.0 Å². The van der Waals surface area contributed by atoms with Crippen molar-refractivity contribution in [3.05, 3.63) is 38.5 Å². The molecular weight excluding hydrogens is 381 g/mol. The zero-order chi connectivity index (χ0) is 15.6. The second-order valence-electron chi connectivity index (χ2n) is 4.20. The first-order valence-corrected chi connectivity index (χ1v) is 9.10. The molecule has 114 valence electrons. The summed E-state index contributed by atoms with van der Waals surface area (Å²) in [6.45, 7) is 2.07. The lowest BCUT2D eigenvalue weighted by molar-refractivity contribution is 0.580. The van der Waals surface area contributed by atoms with Crippen LogP contribution in [0.2, 0.25) is 0 Å². The van der Waals surface area contributed by atoms with Gasteiger partial charge in [-0.3, -0.25) is 0 Å². The van der Waals surface area contributed by atoms with Crippen molar-refractivity contribution < 1.29 is 12.8 Å². The Morgan fingerprint density at radius 2 is 2.19 bits per heavy atom. The van der Waals surface area contributed by atoms with E-state index in [0.717, 1.165) is 23.4 Å². The smallest absolute Gasteiger partial charge is 0.243 e. The molecule has 9 heteroatoms. The van der Waals surface area contributed by atoms with Crippen LogP contribution >= 0.6 is 27.3 Å². The van der Waals surface area contributed by atoms with E-state index in [1.807, 2.05) is 6.92 Å². The van der Waals surface area contributed by atoms with Gasteiger partial charge in [-0.1, -0.05) is 6.92 Å². The highest BCUT2D eigenvalue weighted by atomic mass is 79.9. The molecule has 2 aromatic rings. The van der Waals surface area contributed by atoms with Crippen molar-refractivity contribution in [2.45, 2.75) is 24.8 Å². The van der Waals surface area contributed by atoms with E-state index in [1.54, 1.807) is 6.20 Å². The lowest BCUT2D eigenvalue weighted by atomic mass is 10.3. The van der Waals surface area contributed by atoms with E-state index < -0.39 is 15.8 Å². The number of rotatable bonds is 5. The van der Waals surface area contributed by atoms with Gasteiger partial charge in [0, 0.05) is 11.1 Å². The monoisotopic (exact) mass is 393 g/mol. The lowest BCUT2D eigenvalue weighted by Gasteiger charge is -2.09. The molecule has 0 aliphatic rings. The molecule has 3 N–H and O–H groups in total. The number of thiazole rings is 1. The van der Waals surface area contributed by atoms with Crippen molar-refractivity contribution in [2.75, 3.05) is 5.73 Å². The van der Waals surface area contributed by atoms with Gasteiger partial charge in [-0.15, -0.1) is 11.3 Å². The number of anilines is 1. The molecule has 0 saturated carbocycles. The number of nitrogens with two attached hydrogens (primary N) is 1. The topological polar surface area (TPSA) is 85.1 Å². The zero-order valence-corrected chi connectivity index (χ0v) is 14.3. The van der Waals surface area contributed by atoms with Crippen LogP contribution in [0.15, 0.2) is 27.7 Å². The minimum atomic E-state index is -3.83. The van der Waals surface area contributed by atoms with Crippen LogP contribution in [0, 0.1) is 5.82 Å². The number of halogens is 2. The summed E-state index contributed by atoms with van der Waals surface area (Å²) < 4.78 is 40.2. The highest BCUT2D eigenvalue weighted by Gasteiger charge is 2.20. The predicted molar refractivity (Wildman–Crippen MR) is 84.0 cm³/mol. The SMILES string of the molecule is CCc1cnc(CNS(=O)(=O)c2cc(Br)c(F)cc2N)s1. The third-order valence-corrected chi connectivity index (χ3v) is 5.91. The number of sulfonamides is 1. The molecule has 5 nitrogen and oxygen atoms in total. The van der Waals surface area contributed by atoms with Crippen LogP contribution < -0.4 is 10.5 Å².